The molecule has 0 aromatic carbocycles. The molecule has 38 heavy (non-hydrogen) atoms. The number of hydrogen-bond donors (Lipinski definition) is 11. The number of hydrogen-bond acceptors (Lipinski definition) is 15. The van der Waals surface area contributed by atoms with Gasteiger partial charge >= 0.3 is 0 Å². The van der Waals surface area contributed by atoms with E-state index >= 15 is 0 Å². The van der Waals surface area contributed by atoms with Gasteiger partial charge in [0.05, 0.1) is 30.8 Å². The van der Waals surface area contributed by atoms with E-state index in [1.165, 1.54) is 0 Å². The van der Waals surface area contributed by atoms with Gasteiger partial charge in [0, 0.05) is 12.6 Å². The van der Waals surface area contributed by atoms with E-state index in [-0.39, 0.29) is 32.0 Å². The number of aliphatic hydroxyl groups excluding tert-OH is 5. The van der Waals surface area contributed by atoms with Crippen LogP contribution < -0.4 is 34.0 Å². The van der Waals surface area contributed by atoms with Crippen molar-refractivity contribution in [3.05, 3.63) is 0 Å². The molecule has 0 radical (unpaired) electrons. The standard InChI is InChI=1S/C22H44N6O10/c23-4-3-12(30)20(34)28-11-5-10(26)18(37-21-9(25)2-1-8(6-24)35-21)17(33)19(11)38-22-16(32)14(27)15(31)13(7-29)36-22/h8-19,21-22,29-33H,1-7,23-27H2,(H,28,34)/t8-,9+,10+,11-,12+,13+,14-,15+,16+,17+,18-,19+,21+,22+/m0/s1. The molecule has 16 nitrogen and oxygen atoms in total. The highest BCUT2D eigenvalue weighted by Gasteiger charge is 2.51. The molecule has 1 saturated carbocycles. The number of amides is 1. The molecular weight excluding hydrogens is 508 g/mol. The summed E-state index contributed by atoms with van der Waals surface area (Å²) in [7, 11) is 0. The molecule has 1 aliphatic carbocycles. The lowest BCUT2D eigenvalue weighted by Crippen LogP contribution is -2.69. The van der Waals surface area contributed by atoms with E-state index in [0.717, 1.165) is 0 Å². The minimum Gasteiger partial charge on any atom is -0.394 e. The van der Waals surface area contributed by atoms with Crippen molar-refractivity contribution in [2.24, 2.45) is 28.7 Å². The first-order valence-corrected chi connectivity index (χ1v) is 12.9. The van der Waals surface area contributed by atoms with Crippen LogP contribution in [-0.4, -0.2) is 137 Å². The van der Waals surface area contributed by atoms with Gasteiger partial charge in [-0.25, -0.2) is 0 Å². The number of rotatable bonds is 10. The number of nitrogens with one attached hydrogen (secondary N) is 1. The molecule has 3 fully saturated rings. The van der Waals surface area contributed by atoms with E-state index in [1.807, 2.05) is 0 Å². The van der Waals surface area contributed by atoms with Crippen LogP contribution in [-0.2, 0) is 23.7 Å². The first-order chi connectivity index (χ1) is 18.0. The molecular formula is C22H44N6O10. The first kappa shape index (κ1) is 31.4. The van der Waals surface area contributed by atoms with Gasteiger partial charge in [0.15, 0.2) is 12.6 Å². The van der Waals surface area contributed by atoms with Crippen LogP contribution in [0.4, 0.5) is 0 Å². The average Bonchev–Trinajstić information content (AvgIpc) is 2.89. The van der Waals surface area contributed by atoms with Gasteiger partial charge in [-0.2, -0.15) is 0 Å². The average molecular weight is 553 g/mol. The topological polar surface area (TPSA) is 297 Å². The Bertz CT molecular complexity index is 755. The van der Waals surface area contributed by atoms with Crippen molar-refractivity contribution in [2.75, 3.05) is 19.7 Å². The van der Waals surface area contributed by atoms with E-state index < -0.39 is 92.0 Å². The molecule has 0 unspecified atom stereocenters. The molecule has 222 valence electrons. The normalized spacial score (nSPS) is 44.9. The summed E-state index contributed by atoms with van der Waals surface area (Å²) in [5.41, 5.74) is 29.6. The Balaban J connectivity index is 1.82. The fourth-order valence-corrected chi connectivity index (χ4v) is 5.02. The molecule has 0 aromatic heterocycles. The number of carbonyl (C=O) groups excluding carboxylic acids is 1. The van der Waals surface area contributed by atoms with E-state index in [0.29, 0.717) is 12.8 Å². The fraction of sp³-hybridized carbons (Fsp3) is 0.955. The minimum absolute atomic E-state index is 0.000983. The molecule has 3 aliphatic rings. The van der Waals surface area contributed by atoms with Gasteiger partial charge in [0.25, 0.3) is 0 Å². The molecule has 0 spiro atoms. The third-order valence-electron chi connectivity index (χ3n) is 7.37. The van der Waals surface area contributed by atoms with Gasteiger partial charge in [-0.15, -0.1) is 0 Å². The lowest BCUT2D eigenvalue weighted by atomic mass is 9.83. The van der Waals surface area contributed by atoms with Crippen molar-refractivity contribution in [3.63, 3.8) is 0 Å². The van der Waals surface area contributed by atoms with Crippen molar-refractivity contribution in [3.8, 4) is 0 Å². The molecule has 2 aliphatic heterocycles. The van der Waals surface area contributed by atoms with Crippen LogP contribution in [0.25, 0.3) is 0 Å². The molecule has 0 aromatic rings. The second-order valence-corrected chi connectivity index (χ2v) is 10.2. The zero-order valence-electron chi connectivity index (χ0n) is 21.2. The lowest BCUT2D eigenvalue weighted by Gasteiger charge is -2.48. The van der Waals surface area contributed by atoms with Crippen LogP contribution in [0.5, 0.6) is 0 Å². The molecule has 14 atom stereocenters. The van der Waals surface area contributed by atoms with Crippen molar-refractivity contribution < 1.29 is 49.3 Å². The van der Waals surface area contributed by atoms with Gasteiger partial charge in [-0.1, -0.05) is 0 Å². The maximum atomic E-state index is 12.6. The summed E-state index contributed by atoms with van der Waals surface area (Å²) in [5, 5.41) is 54.4. The third-order valence-corrected chi connectivity index (χ3v) is 7.37. The van der Waals surface area contributed by atoms with E-state index in [4.69, 9.17) is 47.6 Å². The van der Waals surface area contributed by atoms with Crippen molar-refractivity contribution in [2.45, 2.75) is 111 Å². The highest BCUT2D eigenvalue weighted by Crippen LogP contribution is 2.31. The predicted octanol–water partition coefficient (Wildman–Crippen LogP) is -6.40. The smallest absolute Gasteiger partial charge is 0.249 e. The maximum Gasteiger partial charge on any atom is 0.249 e. The molecule has 1 amide bonds. The maximum absolute atomic E-state index is 12.6. The zero-order valence-corrected chi connectivity index (χ0v) is 21.2. The minimum atomic E-state index is -1.55. The van der Waals surface area contributed by atoms with Gasteiger partial charge in [-0.05, 0) is 32.2 Å². The summed E-state index contributed by atoms with van der Waals surface area (Å²) in [6, 6.07) is -3.54. The SMILES string of the molecule is NCC[C@@H](O)C(=O)N[C@H]1C[C@@H](N)[C@H](O[C@H]2O[C@H](CN)CC[C@H]2N)[C@@H](O)[C@@H]1O[C@H]1O[C@H](CO)[C@@H](O)[C@H](N)[C@H]1O. The van der Waals surface area contributed by atoms with Gasteiger partial charge in [0.1, 0.15) is 42.7 Å². The number of carbonyl (C=O) groups is 1. The van der Waals surface area contributed by atoms with Crippen molar-refractivity contribution in [1.82, 2.24) is 5.32 Å². The summed E-state index contributed by atoms with van der Waals surface area (Å²) in [6.45, 7) is -0.296. The predicted molar refractivity (Wildman–Crippen MR) is 131 cm³/mol. The van der Waals surface area contributed by atoms with Crippen LogP contribution in [0.2, 0.25) is 0 Å². The summed E-state index contributed by atoms with van der Waals surface area (Å²) < 4.78 is 23.3. The Kier molecular flexibility index (Phi) is 11.6. The van der Waals surface area contributed by atoms with Crippen LogP contribution in [0, 0.1) is 0 Å². The highest BCUT2D eigenvalue weighted by molar-refractivity contribution is 5.80. The van der Waals surface area contributed by atoms with Crippen molar-refractivity contribution in [1.29, 1.82) is 0 Å². The second-order valence-electron chi connectivity index (χ2n) is 10.2. The van der Waals surface area contributed by atoms with Crippen LogP contribution >= 0.6 is 0 Å². The number of aliphatic hydroxyl groups is 5. The molecule has 2 saturated heterocycles. The molecule has 2 heterocycles. The fourth-order valence-electron chi connectivity index (χ4n) is 5.02. The lowest BCUT2D eigenvalue weighted by molar-refractivity contribution is -0.314. The van der Waals surface area contributed by atoms with Gasteiger partial charge in [0.2, 0.25) is 5.91 Å². The zero-order chi connectivity index (χ0) is 28.1. The highest BCUT2D eigenvalue weighted by atomic mass is 16.7. The monoisotopic (exact) mass is 552 g/mol. The summed E-state index contributed by atoms with van der Waals surface area (Å²) >= 11 is 0. The molecule has 0 bridgehead atoms. The largest absolute Gasteiger partial charge is 0.394 e. The van der Waals surface area contributed by atoms with Gasteiger partial charge < -0.3 is 78.5 Å². The molecule has 16 N–H and O–H groups in total. The summed E-state index contributed by atoms with van der Waals surface area (Å²) in [6.07, 6.45) is -10.8. The molecule has 3 rings (SSSR count). The quantitative estimate of drug-likeness (QED) is 0.120. The van der Waals surface area contributed by atoms with Crippen molar-refractivity contribution >= 4 is 5.91 Å². The van der Waals surface area contributed by atoms with E-state index in [2.05, 4.69) is 5.32 Å². The van der Waals surface area contributed by atoms with Crippen LogP contribution in [0.15, 0.2) is 0 Å². The Morgan fingerprint density at radius 2 is 1.63 bits per heavy atom. The van der Waals surface area contributed by atoms with Crippen LogP contribution in [0.1, 0.15) is 25.7 Å². The summed E-state index contributed by atoms with van der Waals surface area (Å²) in [5.74, 6) is -0.762. The Labute approximate surface area is 220 Å². The van der Waals surface area contributed by atoms with Gasteiger partial charge in [-0.3, -0.25) is 4.79 Å². The number of ether oxygens (including phenoxy) is 4. The Morgan fingerprint density at radius 3 is 2.26 bits per heavy atom. The first-order valence-electron chi connectivity index (χ1n) is 12.9. The molecule has 16 heteroatoms. The number of nitrogens with two attached hydrogens (primary N) is 5. The van der Waals surface area contributed by atoms with Crippen LogP contribution in [0.3, 0.4) is 0 Å². The third kappa shape index (κ3) is 7.15. The second kappa shape index (κ2) is 14.0. The van der Waals surface area contributed by atoms with E-state index in [9.17, 15) is 30.3 Å². The Hall–Kier alpha value is -1.09. The summed E-state index contributed by atoms with van der Waals surface area (Å²) in [4.78, 5) is 12.6. The Morgan fingerprint density at radius 1 is 0.947 bits per heavy atom. The van der Waals surface area contributed by atoms with E-state index in [1.54, 1.807) is 0 Å².